The first kappa shape index (κ1) is 26.4. The number of carbonyl (C=O) groups excluding carboxylic acids is 1. The molecule has 0 saturated carbocycles. The zero-order valence-electron chi connectivity index (χ0n) is 20.6. The van der Waals surface area contributed by atoms with Gasteiger partial charge in [0.1, 0.15) is 6.61 Å². The first-order chi connectivity index (χ1) is 18.6. The lowest BCUT2D eigenvalue weighted by atomic mass is 10.0. The van der Waals surface area contributed by atoms with E-state index in [9.17, 15) is 9.90 Å². The summed E-state index contributed by atoms with van der Waals surface area (Å²) in [4.78, 5) is 16.8. The van der Waals surface area contributed by atoms with Crippen LogP contribution in [0.3, 0.4) is 0 Å². The predicted octanol–water partition coefficient (Wildman–Crippen LogP) is 6.86. The molecule has 1 amide bonds. The second kappa shape index (κ2) is 12.6. The van der Waals surface area contributed by atoms with Crippen LogP contribution >= 0.6 is 23.1 Å². The van der Waals surface area contributed by atoms with Gasteiger partial charge in [0, 0.05) is 23.4 Å². The molecule has 0 aliphatic carbocycles. The summed E-state index contributed by atoms with van der Waals surface area (Å²) < 4.78 is 20.1. The number of hydrogen-bond acceptors (Lipinski definition) is 8. The molecule has 3 aromatic carbocycles. The number of thiazole rings is 1. The molecule has 1 aliphatic rings. The van der Waals surface area contributed by atoms with Gasteiger partial charge in [-0.05, 0) is 35.4 Å². The number of para-hydroxylation sites is 1. The number of hydrogen-bond donors (Lipinski definition) is 2. The quantitative estimate of drug-likeness (QED) is 0.174. The van der Waals surface area contributed by atoms with Crippen molar-refractivity contribution < 1.29 is 24.1 Å². The smallest absolute Gasteiger partial charge is 0.411 e. The molecule has 1 fully saturated rings. The van der Waals surface area contributed by atoms with Crippen LogP contribution < -0.4 is 5.32 Å². The normalized spacial score (nSPS) is 19.2. The minimum Gasteiger partial charge on any atom is -0.445 e. The Hall–Kier alpha value is -3.21. The van der Waals surface area contributed by atoms with E-state index < -0.39 is 12.4 Å². The molecule has 0 spiro atoms. The van der Waals surface area contributed by atoms with Gasteiger partial charge in [0.15, 0.2) is 10.6 Å². The fourth-order valence-electron chi connectivity index (χ4n) is 4.15. The maximum absolute atomic E-state index is 12.0. The molecule has 0 unspecified atom stereocenters. The van der Waals surface area contributed by atoms with Crippen molar-refractivity contribution in [3.8, 4) is 0 Å². The van der Waals surface area contributed by atoms with Gasteiger partial charge >= 0.3 is 6.09 Å². The Labute approximate surface area is 229 Å². The monoisotopic (exact) mass is 548 g/mol. The van der Waals surface area contributed by atoms with Crippen molar-refractivity contribution in [1.82, 2.24) is 4.98 Å². The van der Waals surface area contributed by atoms with E-state index in [1.165, 1.54) is 10.8 Å². The fourth-order valence-corrected chi connectivity index (χ4v) is 6.26. The number of aliphatic hydroxyl groups is 1. The number of ether oxygens (including phenoxy) is 3. The van der Waals surface area contributed by atoms with E-state index >= 15 is 0 Å². The number of nitrogens with zero attached hydrogens (tertiary/aromatic N) is 1. The van der Waals surface area contributed by atoms with Crippen molar-refractivity contribution in [1.29, 1.82) is 0 Å². The predicted molar refractivity (Wildman–Crippen MR) is 150 cm³/mol. The molecular weight excluding hydrogens is 520 g/mol. The van der Waals surface area contributed by atoms with Gasteiger partial charge in [-0.1, -0.05) is 72.9 Å². The molecule has 1 saturated heterocycles. The lowest BCUT2D eigenvalue weighted by Crippen LogP contribution is -2.31. The van der Waals surface area contributed by atoms with Crippen molar-refractivity contribution >= 4 is 45.1 Å². The Morgan fingerprint density at radius 2 is 1.97 bits per heavy atom. The van der Waals surface area contributed by atoms with Crippen LogP contribution in [0.15, 0.2) is 89.8 Å². The van der Waals surface area contributed by atoms with Gasteiger partial charge in [0.2, 0.25) is 0 Å². The summed E-state index contributed by atoms with van der Waals surface area (Å²) in [6, 6.07) is 23.3. The molecule has 5 rings (SSSR count). The summed E-state index contributed by atoms with van der Waals surface area (Å²) in [5, 5.41) is 12.2. The molecule has 7 nitrogen and oxygen atoms in total. The standard InChI is InChI=1S/C29H28N2O5S2/c1-2-14-34-28(33)30-22-7-5-6-21(15-22)27-35-23(16-25(36-27)20-12-10-19(17-32)11-13-20)18-37-29-31-24-8-3-4-9-26(24)38-29/h2-13,15,23,25,27,32H,1,14,16-18H2,(H,30,33)/t23-,25+,27+/m1/s1. The number of carbonyl (C=O) groups is 1. The Balaban J connectivity index is 1.34. The maximum atomic E-state index is 12.0. The number of nitrogens with one attached hydrogen (secondary N) is 1. The van der Waals surface area contributed by atoms with Crippen molar-refractivity contribution in [2.45, 2.75) is 35.9 Å². The number of fused-ring (bicyclic) bond motifs is 1. The summed E-state index contributed by atoms with van der Waals surface area (Å²) in [5.41, 5.74) is 4.25. The fraction of sp³-hybridized carbons (Fsp3) is 0.241. The highest BCUT2D eigenvalue weighted by molar-refractivity contribution is 8.01. The molecule has 2 N–H and O–H groups in total. The summed E-state index contributed by atoms with van der Waals surface area (Å²) in [5.74, 6) is 0.719. The summed E-state index contributed by atoms with van der Waals surface area (Å²) in [7, 11) is 0. The van der Waals surface area contributed by atoms with Crippen LogP contribution in [-0.4, -0.2) is 34.6 Å². The van der Waals surface area contributed by atoms with Gasteiger partial charge < -0.3 is 19.3 Å². The van der Waals surface area contributed by atoms with Gasteiger partial charge in [-0.2, -0.15) is 0 Å². The molecule has 196 valence electrons. The van der Waals surface area contributed by atoms with E-state index in [1.54, 1.807) is 29.2 Å². The molecule has 9 heteroatoms. The van der Waals surface area contributed by atoms with Crippen LogP contribution in [0.1, 0.15) is 35.5 Å². The Bertz CT molecular complexity index is 1360. The molecule has 1 aromatic heterocycles. The number of aromatic nitrogens is 1. The zero-order valence-corrected chi connectivity index (χ0v) is 22.3. The molecular formula is C29H28N2O5S2. The van der Waals surface area contributed by atoms with E-state index in [0.29, 0.717) is 12.1 Å². The minimum atomic E-state index is -0.627. The van der Waals surface area contributed by atoms with Crippen LogP contribution in [0, 0.1) is 0 Å². The highest BCUT2D eigenvalue weighted by atomic mass is 32.2. The van der Waals surface area contributed by atoms with Crippen LogP contribution in [0.5, 0.6) is 0 Å². The number of rotatable bonds is 9. The number of anilines is 1. The van der Waals surface area contributed by atoms with Gasteiger partial charge in [0.05, 0.1) is 29.0 Å². The number of amides is 1. The zero-order chi connectivity index (χ0) is 26.3. The summed E-state index contributed by atoms with van der Waals surface area (Å²) in [6.07, 6.45) is 0.717. The van der Waals surface area contributed by atoms with Crippen LogP contribution in [0.2, 0.25) is 0 Å². The molecule has 4 aromatic rings. The second-order valence-corrected chi connectivity index (χ2v) is 11.0. The average molecular weight is 549 g/mol. The maximum Gasteiger partial charge on any atom is 0.411 e. The van der Waals surface area contributed by atoms with E-state index in [4.69, 9.17) is 19.2 Å². The lowest BCUT2D eigenvalue weighted by Gasteiger charge is -2.36. The molecule has 3 atom stereocenters. The third-order valence-electron chi connectivity index (χ3n) is 6.02. The number of aliphatic hydroxyl groups excluding tert-OH is 1. The number of thioether (sulfide) groups is 1. The van der Waals surface area contributed by atoms with Crippen LogP contribution in [-0.2, 0) is 20.8 Å². The molecule has 1 aliphatic heterocycles. The topological polar surface area (TPSA) is 89.9 Å². The molecule has 0 radical (unpaired) electrons. The molecule has 38 heavy (non-hydrogen) atoms. The van der Waals surface area contributed by atoms with Gasteiger partial charge in [0.25, 0.3) is 0 Å². The van der Waals surface area contributed by atoms with Crippen molar-refractivity contribution in [2.24, 2.45) is 0 Å². The van der Waals surface area contributed by atoms with Gasteiger partial charge in [-0.15, -0.1) is 11.3 Å². The first-order valence-electron chi connectivity index (χ1n) is 12.2. The van der Waals surface area contributed by atoms with Gasteiger partial charge in [-0.25, -0.2) is 9.78 Å². The third kappa shape index (κ3) is 6.61. The van der Waals surface area contributed by atoms with E-state index in [1.807, 2.05) is 60.7 Å². The second-order valence-electron chi connectivity index (χ2n) is 8.75. The van der Waals surface area contributed by atoms with Crippen LogP contribution in [0.25, 0.3) is 10.2 Å². The van der Waals surface area contributed by atoms with E-state index in [-0.39, 0.29) is 25.4 Å². The van der Waals surface area contributed by atoms with Gasteiger partial charge in [-0.3, -0.25) is 5.32 Å². The third-order valence-corrected chi connectivity index (χ3v) is 8.33. The van der Waals surface area contributed by atoms with E-state index in [0.717, 1.165) is 32.3 Å². The van der Waals surface area contributed by atoms with Crippen molar-refractivity contribution in [3.05, 3.63) is 102 Å². The highest BCUT2D eigenvalue weighted by Gasteiger charge is 2.32. The number of benzene rings is 3. The van der Waals surface area contributed by atoms with E-state index in [2.05, 4.69) is 18.0 Å². The summed E-state index contributed by atoms with van der Waals surface area (Å²) in [6.45, 7) is 3.68. The van der Waals surface area contributed by atoms with Crippen molar-refractivity contribution in [2.75, 3.05) is 17.7 Å². The SMILES string of the molecule is C=CCOC(=O)Nc1cccc([C@H]2O[C@@H](CSc3nc4ccccc4s3)C[C@@H](c3ccc(CO)cc3)O2)c1. The largest absolute Gasteiger partial charge is 0.445 e. The molecule has 2 heterocycles. The minimum absolute atomic E-state index is 0.00595. The molecule has 0 bridgehead atoms. The lowest BCUT2D eigenvalue weighted by molar-refractivity contribution is -0.245. The van der Waals surface area contributed by atoms with Crippen molar-refractivity contribution in [3.63, 3.8) is 0 Å². The Morgan fingerprint density at radius 1 is 1.13 bits per heavy atom. The average Bonchev–Trinajstić information content (AvgIpc) is 3.38. The first-order valence-corrected chi connectivity index (χ1v) is 14.0. The van der Waals surface area contributed by atoms with Crippen LogP contribution in [0.4, 0.5) is 10.5 Å². The summed E-state index contributed by atoms with van der Waals surface area (Å²) >= 11 is 3.37. The Morgan fingerprint density at radius 3 is 2.76 bits per heavy atom. The highest BCUT2D eigenvalue weighted by Crippen LogP contribution is 2.40. The Kier molecular flexibility index (Phi) is 8.72.